The van der Waals surface area contributed by atoms with E-state index in [1.165, 1.54) is 44.9 Å². The predicted octanol–water partition coefficient (Wildman–Crippen LogP) is 5.34. The molecular weight excluding hydrogens is 295 g/mol. The van der Waals surface area contributed by atoms with E-state index in [4.69, 9.17) is 0 Å². The molecule has 0 atom stereocenters. The monoisotopic (exact) mass is 320 g/mol. The van der Waals surface area contributed by atoms with Crippen LogP contribution in [0.4, 0.5) is 0 Å². The van der Waals surface area contributed by atoms with E-state index in [0.29, 0.717) is 0 Å². The van der Waals surface area contributed by atoms with E-state index >= 15 is 0 Å². The van der Waals surface area contributed by atoms with Crippen LogP contribution in [0.25, 0.3) is 0 Å². The first kappa shape index (κ1) is 12.2. The molecule has 2 saturated carbocycles. The minimum absolute atomic E-state index is 0.994. The van der Waals surface area contributed by atoms with Crippen LogP contribution >= 0.6 is 22.6 Å². The lowest BCUT2D eigenvalue weighted by Gasteiger charge is -2.28. The van der Waals surface area contributed by atoms with Crippen molar-refractivity contribution in [2.45, 2.75) is 74.6 Å². The summed E-state index contributed by atoms with van der Waals surface area (Å²) in [5.74, 6) is 2.20. The van der Waals surface area contributed by atoms with Crippen molar-refractivity contribution in [3.63, 3.8) is 0 Å². The van der Waals surface area contributed by atoms with E-state index < -0.39 is 0 Å². The summed E-state index contributed by atoms with van der Waals surface area (Å²) in [4.78, 5) is 0. The zero-order valence-electron chi connectivity index (χ0n) is 9.89. The third-order valence-corrected chi connectivity index (χ3v) is 5.73. The Morgan fingerprint density at radius 2 is 1.20 bits per heavy atom. The highest BCUT2D eigenvalue weighted by Gasteiger charge is 2.21. The second-order valence-electron chi connectivity index (χ2n) is 5.70. The molecule has 2 aliphatic rings. The Morgan fingerprint density at radius 1 is 0.667 bits per heavy atom. The second kappa shape index (κ2) is 6.46. The van der Waals surface area contributed by atoms with Crippen LogP contribution in [0.5, 0.6) is 0 Å². The molecule has 15 heavy (non-hydrogen) atoms. The smallest absolute Gasteiger partial charge is 0.0110 e. The molecule has 0 aromatic heterocycles. The van der Waals surface area contributed by atoms with Crippen LogP contribution < -0.4 is 0 Å². The molecule has 0 N–H and O–H groups in total. The Balaban J connectivity index is 1.60. The number of alkyl halides is 1. The van der Waals surface area contributed by atoms with Crippen molar-refractivity contribution in [3.05, 3.63) is 0 Å². The third kappa shape index (κ3) is 4.24. The van der Waals surface area contributed by atoms with Gasteiger partial charge in [-0.1, -0.05) is 67.5 Å². The highest BCUT2D eigenvalue weighted by Crippen LogP contribution is 2.35. The maximum absolute atomic E-state index is 2.64. The van der Waals surface area contributed by atoms with Gasteiger partial charge in [-0.3, -0.25) is 0 Å². The molecule has 0 aromatic rings. The Hall–Kier alpha value is 0.730. The molecule has 0 radical (unpaired) electrons. The molecule has 0 unspecified atom stereocenters. The van der Waals surface area contributed by atoms with Gasteiger partial charge in [0.15, 0.2) is 0 Å². The van der Waals surface area contributed by atoms with Gasteiger partial charge in [0.1, 0.15) is 0 Å². The minimum atomic E-state index is 0.994. The zero-order chi connectivity index (χ0) is 10.5. The van der Waals surface area contributed by atoms with Crippen LogP contribution in [-0.2, 0) is 0 Å². The molecule has 0 bridgehead atoms. The van der Waals surface area contributed by atoms with Crippen molar-refractivity contribution >= 4 is 22.6 Å². The van der Waals surface area contributed by atoms with Gasteiger partial charge in [-0.15, -0.1) is 0 Å². The second-order valence-corrected chi connectivity index (χ2v) is 7.46. The zero-order valence-corrected chi connectivity index (χ0v) is 12.0. The quantitative estimate of drug-likeness (QED) is 0.486. The van der Waals surface area contributed by atoms with Crippen LogP contribution in [0.1, 0.15) is 70.6 Å². The lowest BCUT2D eigenvalue weighted by Crippen LogP contribution is -2.15. The summed E-state index contributed by atoms with van der Waals surface area (Å²) in [6.07, 6.45) is 16.8. The van der Waals surface area contributed by atoms with Crippen molar-refractivity contribution in [1.29, 1.82) is 0 Å². The summed E-state index contributed by atoms with van der Waals surface area (Å²) in [7, 11) is 0. The number of halogens is 1. The summed E-state index contributed by atoms with van der Waals surface area (Å²) >= 11 is 2.64. The predicted molar refractivity (Wildman–Crippen MR) is 75.6 cm³/mol. The van der Waals surface area contributed by atoms with Crippen LogP contribution in [0.15, 0.2) is 0 Å². The fraction of sp³-hybridized carbons (Fsp3) is 1.00. The molecule has 0 amide bonds. The van der Waals surface area contributed by atoms with Crippen LogP contribution in [-0.4, -0.2) is 3.92 Å². The van der Waals surface area contributed by atoms with Crippen molar-refractivity contribution < 1.29 is 0 Å². The van der Waals surface area contributed by atoms with Crippen molar-refractivity contribution in [2.24, 2.45) is 11.8 Å². The molecule has 0 aromatic carbocycles. The summed E-state index contributed by atoms with van der Waals surface area (Å²) in [5.41, 5.74) is 0. The van der Waals surface area contributed by atoms with Gasteiger partial charge in [-0.05, 0) is 37.5 Å². The molecule has 0 nitrogen and oxygen atoms in total. The van der Waals surface area contributed by atoms with E-state index in [9.17, 15) is 0 Å². The van der Waals surface area contributed by atoms with Gasteiger partial charge in [0.25, 0.3) is 0 Å². The Morgan fingerprint density at radius 3 is 1.80 bits per heavy atom. The van der Waals surface area contributed by atoms with E-state index in [1.807, 2.05) is 0 Å². The molecule has 88 valence electrons. The van der Waals surface area contributed by atoms with Gasteiger partial charge in [0, 0.05) is 3.92 Å². The minimum Gasteiger partial charge on any atom is -0.0826 e. The Kier molecular flexibility index (Phi) is 5.25. The highest BCUT2D eigenvalue weighted by molar-refractivity contribution is 14.1. The lowest BCUT2D eigenvalue weighted by molar-refractivity contribution is 0.277. The summed E-state index contributed by atoms with van der Waals surface area (Å²) in [6.45, 7) is 0. The van der Waals surface area contributed by atoms with Gasteiger partial charge in [0.05, 0.1) is 0 Å². The fourth-order valence-electron chi connectivity index (χ4n) is 3.36. The van der Waals surface area contributed by atoms with E-state index in [0.717, 1.165) is 15.8 Å². The third-order valence-electron chi connectivity index (χ3n) is 4.48. The average molecular weight is 320 g/mol. The molecule has 0 heterocycles. The van der Waals surface area contributed by atoms with Crippen LogP contribution in [0, 0.1) is 11.8 Å². The molecule has 0 saturated heterocycles. The maximum Gasteiger partial charge on any atom is 0.0110 e. The van der Waals surface area contributed by atoms with Crippen LogP contribution in [0.3, 0.4) is 0 Å². The molecule has 2 rings (SSSR count). The first-order valence-electron chi connectivity index (χ1n) is 6.98. The van der Waals surface area contributed by atoms with Gasteiger partial charge in [-0.2, -0.15) is 0 Å². The Bertz CT molecular complexity index is 164. The molecule has 0 spiro atoms. The number of hydrogen-bond donors (Lipinski definition) is 0. The first-order chi connectivity index (χ1) is 7.34. The fourth-order valence-corrected chi connectivity index (χ4v) is 4.08. The van der Waals surface area contributed by atoms with Gasteiger partial charge in [-0.25, -0.2) is 0 Å². The first-order valence-corrected chi connectivity index (χ1v) is 8.23. The van der Waals surface area contributed by atoms with Gasteiger partial charge in [0.2, 0.25) is 0 Å². The molecule has 0 aliphatic heterocycles. The van der Waals surface area contributed by atoms with Crippen LogP contribution in [0.2, 0.25) is 0 Å². The molecule has 2 aliphatic carbocycles. The van der Waals surface area contributed by atoms with Gasteiger partial charge < -0.3 is 0 Å². The molecule has 1 heteroatoms. The van der Waals surface area contributed by atoms with E-state index in [-0.39, 0.29) is 0 Å². The summed E-state index contributed by atoms with van der Waals surface area (Å²) in [5, 5.41) is 0. The SMILES string of the molecule is IC1CCC(CCC2CCCCC2)CC1. The van der Waals surface area contributed by atoms with Crippen molar-refractivity contribution in [1.82, 2.24) is 0 Å². The van der Waals surface area contributed by atoms with Crippen molar-refractivity contribution in [3.8, 4) is 0 Å². The van der Waals surface area contributed by atoms with Crippen molar-refractivity contribution in [2.75, 3.05) is 0 Å². The largest absolute Gasteiger partial charge is 0.0826 e. The summed E-state index contributed by atoms with van der Waals surface area (Å²) in [6, 6.07) is 0. The topological polar surface area (TPSA) is 0 Å². The average Bonchev–Trinajstić information content (AvgIpc) is 2.30. The normalized spacial score (nSPS) is 34.2. The van der Waals surface area contributed by atoms with Gasteiger partial charge >= 0.3 is 0 Å². The Labute approximate surface area is 109 Å². The molecule has 2 fully saturated rings. The highest BCUT2D eigenvalue weighted by atomic mass is 127. The summed E-state index contributed by atoms with van der Waals surface area (Å²) < 4.78 is 0.994. The maximum atomic E-state index is 2.64. The lowest BCUT2D eigenvalue weighted by atomic mass is 9.80. The van der Waals surface area contributed by atoms with E-state index in [2.05, 4.69) is 22.6 Å². The standard InChI is InChI=1S/C14H25I/c15-14-10-8-13(9-11-14)7-6-12-4-2-1-3-5-12/h12-14H,1-11H2. The number of rotatable bonds is 3. The van der Waals surface area contributed by atoms with E-state index in [1.54, 1.807) is 25.7 Å². The number of hydrogen-bond acceptors (Lipinski definition) is 0. The molecular formula is C14H25I.